The van der Waals surface area contributed by atoms with Gasteiger partial charge in [-0.25, -0.2) is 13.9 Å². The van der Waals surface area contributed by atoms with Crippen LogP contribution in [0.25, 0.3) is 11.1 Å². The van der Waals surface area contributed by atoms with Crippen LogP contribution in [0.2, 0.25) is 5.15 Å². The molecule has 1 aromatic carbocycles. The molecule has 1 aliphatic rings. The van der Waals surface area contributed by atoms with Crippen molar-refractivity contribution in [1.82, 2.24) is 9.36 Å². The number of aromatic nitrogens is 2. The molecule has 156 valence electrons. The number of methoxy groups -OCH3 is 1. The Labute approximate surface area is 168 Å². The second kappa shape index (κ2) is 8.21. The summed E-state index contributed by atoms with van der Waals surface area (Å²) in [5.74, 6) is -2.22. The number of nitro groups is 1. The molecule has 0 radical (unpaired) electrons. The number of fused-ring (bicyclic) bond motifs is 1. The van der Waals surface area contributed by atoms with Gasteiger partial charge in [0.1, 0.15) is 11.0 Å². The summed E-state index contributed by atoms with van der Waals surface area (Å²) in [6, 6.07) is 1.62. The summed E-state index contributed by atoms with van der Waals surface area (Å²) in [6.45, 7) is 2.38. The van der Waals surface area contributed by atoms with Gasteiger partial charge in [0.15, 0.2) is 6.10 Å². The van der Waals surface area contributed by atoms with Crippen molar-refractivity contribution in [3.63, 3.8) is 0 Å². The molecule has 0 aliphatic carbocycles. The van der Waals surface area contributed by atoms with E-state index in [9.17, 15) is 24.1 Å². The van der Waals surface area contributed by atoms with Gasteiger partial charge in [0.2, 0.25) is 5.75 Å². The Morgan fingerprint density at radius 1 is 1.34 bits per heavy atom. The smallest absolute Gasteiger partial charge is 0.346 e. The van der Waals surface area contributed by atoms with Crippen molar-refractivity contribution in [2.75, 3.05) is 20.3 Å². The average molecular weight is 430 g/mol. The van der Waals surface area contributed by atoms with Crippen LogP contribution in [-0.4, -0.2) is 46.7 Å². The van der Waals surface area contributed by atoms with Crippen molar-refractivity contribution >= 4 is 23.3 Å². The van der Waals surface area contributed by atoms with Gasteiger partial charge in [-0.1, -0.05) is 11.6 Å². The number of benzene rings is 1. The Morgan fingerprint density at radius 2 is 2.00 bits per heavy atom. The third kappa shape index (κ3) is 3.83. The fraction of sp³-hybridized carbons (Fsp3) is 0.412. The number of nitrogens with zero attached hydrogens (tertiary/aromatic N) is 3. The van der Waals surface area contributed by atoms with Crippen LogP contribution in [-0.2, 0) is 27.4 Å². The van der Waals surface area contributed by atoms with Crippen LogP contribution in [0.15, 0.2) is 16.9 Å². The summed E-state index contributed by atoms with van der Waals surface area (Å²) in [4.78, 5) is 35.0. The van der Waals surface area contributed by atoms with E-state index in [1.165, 1.54) is 16.3 Å². The highest BCUT2D eigenvalue weighted by atomic mass is 35.5. The van der Waals surface area contributed by atoms with Crippen molar-refractivity contribution in [2.45, 2.75) is 26.1 Å². The second-order valence-corrected chi connectivity index (χ2v) is 6.53. The first-order valence-corrected chi connectivity index (χ1v) is 8.93. The van der Waals surface area contributed by atoms with Crippen LogP contribution in [0.1, 0.15) is 6.92 Å². The third-order valence-corrected chi connectivity index (χ3v) is 4.80. The van der Waals surface area contributed by atoms with Crippen LogP contribution >= 0.6 is 11.6 Å². The van der Waals surface area contributed by atoms with Gasteiger partial charge in [0.05, 0.1) is 43.9 Å². The van der Waals surface area contributed by atoms with Gasteiger partial charge in [-0.3, -0.25) is 19.6 Å². The number of carbonyl (C=O) groups is 1. The molecule has 0 spiro atoms. The molecular formula is C17H17ClFN3O7. The minimum Gasteiger partial charge on any atom is -0.472 e. The van der Waals surface area contributed by atoms with Crippen LogP contribution in [0.3, 0.4) is 0 Å². The average Bonchev–Trinajstić information content (AvgIpc) is 2.85. The molecule has 2 heterocycles. The number of ether oxygens (including phenoxy) is 3. The molecule has 0 fully saturated rings. The predicted molar refractivity (Wildman–Crippen MR) is 98.7 cm³/mol. The lowest BCUT2D eigenvalue weighted by Crippen LogP contribution is -2.25. The predicted octanol–water partition coefficient (Wildman–Crippen LogP) is 1.99. The number of carbonyl (C=O) groups excluding carboxylic acids is 1. The van der Waals surface area contributed by atoms with Crippen molar-refractivity contribution in [3.8, 4) is 16.9 Å². The Kier molecular flexibility index (Phi) is 5.89. The SMILES string of the molecule is COC(=O)C(C)Oc1cc(F)c(-c2c(Cl)n3n(c2=O)CCOCC3)cc1[N+](=O)[O-]. The minimum absolute atomic E-state index is 0.0507. The summed E-state index contributed by atoms with van der Waals surface area (Å²) < 4.78 is 32.6. The molecule has 1 aliphatic heterocycles. The van der Waals surface area contributed by atoms with E-state index in [1.807, 2.05) is 0 Å². The van der Waals surface area contributed by atoms with Crippen LogP contribution < -0.4 is 10.3 Å². The van der Waals surface area contributed by atoms with Crippen molar-refractivity contribution in [3.05, 3.63) is 43.6 Å². The summed E-state index contributed by atoms with van der Waals surface area (Å²) in [5.41, 5.74) is -1.74. The molecule has 0 saturated carbocycles. The van der Waals surface area contributed by atoms with Crippen molar-refractivity contribution < 1.29 is 28.3 Å². The molecular weight excluding hydrogens is 413 g/mol. The first-order valence-electron chi connectivity index (χ1n) is 8.55. The first kappa shape index (κ1) is 20.8. The van der Waals surface area contributed by atoms with Gasteiger partial charge in [-0.15, -0.1) is 0 Å². The maximum absolute atomic E-state index is 14.9. The molecule has 1 atom stereocenters. The van der Waals surface area contributed by atoms with Gasteiger partial charge in [0, 0.05) is 17.7 Å². The molecule has 1 unspecified atom stereocenters. The standard InChI is InChI=1S/C17H17ClFN3O7/c1-9(17(24)27-2)29-13-8-11(19)10(7-12(13)22(25)26)14-15(18)20-3-5-28-6-4-21(20)16(14)23/h7-9H,3-6H2,1-2H3. The van der Waals surface area contributed by atoms with Crippen LogP contribution in [0, 0.1) is 15.9 Å². The zero-order valence-corrected chi connectivity index (χ0v) is 16.3. The Morgan fingerprint density at radius 3 is 2.62 bits per heavy atom. The topological polar surface area (TPSA) is 115 Å². The van der Waals surface area contributed by atoms with E-state index >= 15 is 0 Å². The van der Waals surface area contributed by atoms with E-state index in [1.54, 1.807) is 0 Å². The molecule has 0 bridgehead atoms. The number of hydrogen-bond acceptors (Lipinski definition) is 7. The second-order valence-electron chi connectivity index (χ2n) is 6.17. The molecule has 3 rings (SSSR count). The minimum atomic E-state index is -1.20. The highest BCUT2D eigenvalue weighted by Gasteiger charge is 2.29. The summed E-state index contributed by atoms with van der Waals surface area (Å²) in [7, 11) is 1.12. The van der Waals surface area contributed by atoms with E-state index in [0.717, 1.165) is 19.2 Å². The van der Waals surface area contributed by atoms with Crippen molar-refractivity contribution in [1.29, 1.82) is 0 Å². The molecule has 2 aromatic rings. The Hall–Kier alpha value is -2.92. The monoisotopic (exact) mass is 429 g/mol. The number of halogens is 2. The summed E-state index contributed by atoms with van der Waals surface area (Å²) in [5, 5.41) is 11.4. The van der Waals surface area contributed by atoms with Crippen LogP contribution in [0.4, 0.5) is 10.1 Å². The zero-order chi connectivity index (χ0) is 21.3. The van der Waals surface area contributed by atoms with E-state index in [4.69, 9.17) is 21.1 Å². The van der Waals surface area contributed by atoms with Gasteiger partial charge in [0.25, 0.3) is 5.56 Å². The molecule has 0 amide bonds. The maximum atomic E-state index is 14.9. The third-order valence-electron chi connectivity index (χ3n) is 4.42. The number of rotatable bonds is 5. The lowest BCUT2D eigenvalue weighted by molar-refractivity contribution is -0.386. The molecule has 1 aromatic heterocycles. The lowest BCUT2D eigenvalue weighted by Gasteiger charge is -2.13. The molecule has 10 nitrogen and oxygen atoms in total. The highest BCUT2D eigenvalue weighted by molar-refractivity contribution is 6.32. The number of esters is 1. The Balaban J connectivity index is 2.13. The summed E-state index contributed by atoms with van der Waals surface area (Å²) in [6.07, 6.45) is -1.20. The van der Waals surface area contributed by atoms with E-state index < -0.39 is 39.8 Å². The summed E-state index contributed by atoms with van der Waals surface area (Å²) >= 11 is 6.30. The van der Waals surface area contributed by atoms with Gasteiger partial charge >= 0.3 is 11.7 Å². The largest absolute Gasteiger partial charge is 0.472 e. The van der Waals surface area contributed by atoms with E-state index in [-0.39, 0.29) is 36.0 Å². The first-order chi connectivity index (χ1) is 13.8. The number of nitro benzene ring substituents is 1. The molecule has 0 saturated heterocycles. The highest BCUT2D eigenvalue weighted by Crippen LogP contribution is 2.37. The normalized spacial score (nSPS) is 14.6. The Bertz CT molecular complexity index is 1030. The van der Waals surface area contributed by atoms with E-state index in [2.05, 4.69) is 4.74 Å². The van der Waals surface area contributed by atoms with Crippen molar-refractivity contribution in [2.24, 2.45) is 0 Å². The van der Waals surface area contributed by atoms with Gasteiger partial charge in [-0.05, 0) is 6.92 Å². The fourth-order valence-electron chi connectivity index (χ4n) is 3.01. The van der Waals surface area contributed by atoms with Gasteiger partial charge < -0.3 is 14.2 Å². The molecule has 0 N–H and O–H groups in total. The fourth-order valence-corrected chi connectivity index (χ4v) is 3.37. The maximum Gasteiger partial charge on any atom is 0.346 e. The molecule has 12 heteroatoms. The number of hydrogen-bond donors (Lipinski definition) is 0. The molecule has 29 heavy (non-hydrogen) atoms. The van der Waals surface area contributed by atoms with E-state index in [0.29, 0.717) is 6.61 Å². The van der Waals surface area contributed by atoms with Gasteiger partial charge in [-0.2, -0.15) is 0 Å². The lowest BCUT2D eigenvalue weighted by atomic mass is 10.1. The quantitative estimate of drug-likeness (QED) is 0.405. The van der Waals surface area contributed by atoms with Crippen LogP contribution in [0.5, 0.6) is 5.75 Å². The zero-order valence-electron chi connectivity index (χ0n) is 15.5.